The lowest BCUT2D eigenvalue weighted by Crippen LogP contribution is -2.45. The average Bonchev–Trinajstić information content (AvgIpc) is 2.49. The minimum atomic E-state index is -0.505. The van der Waals surface area contributed by atoms with Gasteiger partial charge in [-0.25, -0.2) is 0 Å². The predicted molar refractivity (Wildman–Crippen MR) is 87.8 cm³/mol. The molecule has 1 aliphatic heterocycles. The first kappa shape index (κ1) is 16.4. The molecule has 1 saturated heterocycles. The zero-order valence-electron chi connectivity index (χ0n) is 11.6. The van der Waals surface area contributed by atoms with Crippen LogP contribution in [-0.2, 0) is 4.79 Å². The number of thiocarbonyl (C=S) groups is 1. The number of nitro groups is 1. The number of anilines is 1. The second kappa shape index (κ2) is 6.89. The number of amides is 1. The van der Waals surface area contributed by atoms with Crippen LogP contribution in [0.25, 0.3) is 0 Å². The Hall–Kier alpha value is -1.93. The van der Waals surface area contributed by atoms with Gasteiger partial charge in [0.2, 0.25) is 5.91 Å². The topological polar surface area (TPSA) is 102 Å². The Balaban J connectivity index is 2.10. The number of rotatable bonds is 3. The van der Waals surface area contributed by atoms with E-state index in [9.17, 15) is 14.9 Å². The highest BCUT2D eigenvalue weighted by atomic mass is 35.5. The van der Waals surface area contributed by atoms with E-state index in [4.69, 9.17) is 29.6 Å². The number of nitrogens with one attached hydrogen (secondary N) is 1. The van der Waals surface area contributed by atoms with Crippen LogP contribution >= 0.6 is 23.8 Å². The summed E-state index contributed by atoms with van der Waals surface area (Å²) in [6, 6.07) is 4.08. The van der Waals surface area contributed by atoms with E-state index in [1.807, 2.05) is 4.90 Å². The Morgan fingerprint density at radius 1 is 1.55 bits per heavy atom. The maximum atomic E-state index is 11.3. The van der Waals surface area contributed by atoms with Gasteiger partial charge < -0.3 is 16.0 Å². The zero-order chi connectivity index (χ0) is 16.3. The van der Waals surface area contributed by atoms with Gasteiger partial charge in [0, 0.05) is 25.2 Å². The number of hydrogen-bond donors (Lipinski definition) is 2. The van der Waals surface area contributed by atoms with E-state index in [2.05, 4.69) is 5.32 Å². The highest BCUT2D eigenvalue weighted by Gasteiger charge is 2.25. The SMILES string of the molecule is NC(=O)[C@H]1CCCN(C(=S)Nc2cc([N+](=O)[O-])ccc2Cl)C1. The molecule has 0 unspecified atom stereocenters. The molecule has 1 aromatic carbocycles. The third-order valence-corrected chi connectivity index (χ3v) is 4.20. The van der Waals surface area contributed by atoms with Crippen molar-refractivity contribution < 1.29 is 9.72 Å². The Morgan fingerprint density at radius 3 is 2.91 bits per heavy atom. The van der Waals surface area contributed by atoms with E-state index < -0.39 is 4.92 Å². The first-order valence-electron chi connectivity index (χ1n) is 6.67. The number of non-ortho nitro benzene ring substituents is 1. The van der Waals surface area contributed by atoms with Crippen LogP contribution in [0.2, 0.25) is 5.02 Å². The molecule has 0 bridgehead atoms. The van der Waals surface area contributed by atoms with Gasteiger partial charge in [0.1, 0.15) is 0 Å². The Kier molecular flexibility index (Phi) is 5.15. The number of carbonyl (C=O) groups is 1. The van der Waals surface area contributed by atoms with Crippen molar-refractivity contribution >= 4 is 46.2 Å². The molecule has 22 heavy (non-hydrogen) atoms. The number of nitrogens with two attached hydrogens (primary N) is 1. The number of likely N-dealkylation sites (tertiary alicyclic amines) is 1. The van der Waals surface area contributed by atoms with Gasteiger partial charge in [-0.2, -0.15) is 0 Å². The first-order valence-corrected chi connectivity index (χ1v) is 7.46. The van der Waals surface area contributed by atoms with Crippen LogP contribution in [0.1, 0.15) is 12.8 Å². The normalized spacial score (nSPS) is 17.9. The molecule has 0 aromatic heterocycles. The van der Waals surface area contributed by atoms with Gasteiger partial charge in [-0.3, -0.25) is 14.9 Å². The molecule has 9 heteroatoms. The summed E-state index contributed by atoms with van der Waals surface area (Å²) in [7, 11) is 0. The summed E-state index contributed by atoms with van der Waals surface area (Å²) in [4.78, 5) is 23.4. The summed E-state index contributed by atoms with van der Waals surface area (Å²) >= 11 is 11.3. The molecule has 1 aromatic rings. The third kappa shape index (κ3) is 3.83. The average molecular weight is 343 g/mol. The molecule has 1 aliphatic rings. The summed E-state index contributed by atoms with van der Waals surface area (Å²) in [6.45, 7) is 1.13. The molecular formula is C13H15ClN4O3S. The Morgan fingerprint density at radius 2 is 2.27 bits per heavy atom. The Bertz CT molecular complexity index is 625. The van der Waals surface area contributed by atoms with Crippen LogP contribution in [0.5, 0.6) is 0 Å². The predicted octanol–water partition coefficient (Wildman–Crippen LogP) is 2.14. The highest BCUT2D eigenvalue weighted by molar-refractivity contribution is 7.80. The maximum Gasteiger partial charge on any atom is 0.271 e. The molecule has 2 rings (SSSR count). The minimum Gasteiger partial charge on any atom is -0.369 e. The number of nitrogens with zero attached hydrogens (tertiary/aromatic N) is 2. The summed E-state index contributed by atoms with van der Waals surface area (Å²) in [5.74, 6) is -0.588. The van der Waals surface area contributed by atoms with Gasteiger partial charge >= 0.3 is 0 Å². The second-order valence-electron chi connectivity index (χ2n) is 5.04. The monoisotopic (exact) mass is 342 g/mol. The van der Waals surface area contributed by atoms with Gasteiger partial charge in [-0.15, -0.1) is 0 Å². The molecule has 0 saturated carbocycles. The van der Waals surface area contributed by atoms with Crippen molar-refractivity contribution in [3.63, 3.8) is 0 Å². The standard InChI is InChI=1S/C13H15ClN4O3S/c14-10-4-3-9(18(20)21)6-11(10)16-13(22)17-5-1-2-8(7-17)12(15)19/h3-4,6,8H,1-2,5,7H2,(H2,15,19)(H,16,22)/t8-/m0/s1. The van der Waals surface area contributed by atoms with E-state index in [0.717, 1.165) is 12.8 Å². The number of piperidine rings is 1. The van der Waals surface area contributed by atoms with Crippen molar-refractivity contribution in [3.05, 3.63) is 33.3 Å². The fourth-order valence-corrected chi connectivity index (χ4v) is 2.75. The van der Waals surface area contributed by atoms with Crippen molar-refractivity contribution in [2.24, 2.45) is 11.7 Å². The van der Waals surface area contributed by atoms with Gasteiger partial charge in [0.05, 0.1) is 21.6 Å². The van der Waals surface area contributed by atoms with E-state index in [0.29, 0.717) is 28.9 Å². The van der Waals surface area contributed by atoms with Gasteiger partial charge in [0.25, 0.3) is 5.69 Å². The highest BCUT2D eigenvalue weighted by Crippen LogP contribution is 2.27. The lowest BCUT2D eigenvalue weighted by Gasteiger charge is -2.33. The third-order valence-electron chi connectivity index (χ3n) is 3.51. The lowest BCUT2D eigenvalue weighted by molar-refractivity contribution is -0.384. The van der Waals surface area contributed by atoms with Crippen molar-refractivity contribution in [1.29, 1.82) is 0 Å². The summed E-state index contributed by atoms with van der Waals surface area (Å²) in [5.41, 5.74) is 5.62. The van der Waals surface area contributed by atoms with Crippen LogP contribution in [0.4, 0.5) is 11.4 Å². The van der Waals surface area contributed by atoms with E-state index >= 15 is 0 Å². The van der Waals surface area contributed by atoms with E-state index in [-0.39, 0.29) is 17.5 Å². The van der Waals surface area contributed by atoms with Crippen molar-refractivity contribution in [1.82, 2.24) is 4.90 Å². The molecule has 1 amide bonds. The fourth-order valence-electron chi connectivity index (χ4n) is 2.31. The molecule has 1 heterocycles. The molecule has 3 N–H and O–H groups in total. The van der Waals surface area contributed by atoms with Crippen LogP contribution in [-0.4, -0.2) is 33.9 Å². The summed E-state index contributed by atoms with van der Waals surface area (Å²) in [6.07, 6.45) is 1.55. The minimum absolute atomic E-state index is 0.0802. The summed E-state index contributed by atoms with van der Waals surface area (Å²) in [5, 5.41) is 14.4. The van der Waals surface area contributed by atoms with Crippen LogP contribution in [0.15, 0.2) is 18.2 Å². The lowest BCUT2D eigenvalue weighted by atomic mass is 9.98. The quantitative estimate of drug-likeness (QED) is 0.495. The number of primary amides is 1. The van der Waals surface area contributed by atoms with Gasteiger partial charge in [0.15, 0.2) is 5.11 Å². The zero-order valence-corrected chi connectivity index (χ0v) is 13.2. The van der Waals surface area contributed by atoms with Gasteiger partial charge in [-0.05, 0) is 31.1 Å². The summed E-state index contributed by atoms with van der Waals surface area (Å²) < 4.78 is 0. The molecule has 0 spiro atoms. The second-order valence-corrected chi connectivity index (χ2v) is 5.83. The first-order chi connectivity index (χ1) is 10.4. The number of benzene rings is 1. The molecule has 118 valence electrons. The van der Waals surface area contributed by atoms with Crippen LogP contribution in [0.3, 0.4) is 0 Å². The molecular weight excluding hydrogens is 328 g/mol. The molecule has 7 nitrogen and oxygen atoms in total. The van der Waals surface area contributed by atoms with E-state index in [1.165, 1.54) is 18.2 Å². The Labute approximate surface area is 137 Å². The van der Waals surface area contributed by atoms with Crippen molar-refractivity contribution in [2.45, 2.75) is 12.8 Å². The van der Waals surface area contributed by atoms with E-state index in [1.54, 1.807) is 0 Å². The van der Waals surface area contributed by atoms with Crippen molar-refractivity contribution in [2.75, 3.05) is 18.4 Å². The molecule has 0 aliphatic carbocycles. The maximum absolute atomic E-state index is 11.3. The number of nitro benzene ring substituents is 1. The van der Waals surface area contributed by atoms with Crippen LogP contribution < -0.4 is 11.1 Å². The van der Waals surface area contributed by atoms with Crippen LogP contribution in [0, 0.1) is 16.0 Å². The number of halogens is 1. The number of carbonyl (C=O) groups excluding carboxylic acids is 1. The fraction of sp³-hybridized carbons (Fsp3) is 0.385. The largest absolute Gasteiger partial charge is 0.369 e. The smallest absolute Gasteiger partial charge is 0.271 e. The molecule has 0 radical (unpaired) electrons. The number of hydrogen-bond acceptors (Lipinski definition) is 4. The molecule has 1 atom stereocenters. The van der Waals surface area contributed by atoms with Gasteiger partial charge in [-0.1, -0.05) is 11.6 Å². The van der Waals surface area contributed by atoms with Crippen molar-refractivity contribution in [3.8, 4) is 0 Å². The molecule has 1 fully saturated rings.